The van der Waals surface area contributed by atoms with Gasteiger partial charge in [-0.25, -0.2) is 8.96 Å². The van der Waals surface area contributed by atoms with Gasteiger partial charge in [0.05, 0.1) is 14.4 Å². The monoisotopic (exact) mass is 458 g/mol. The molecule has 2 N–H and O–H groups in total. The molecule has 0 bridgehead atoms. The van der Waals surface area contributed by atoms with Crippen molar-refractivity contribution in [3.05, 3.63) is 0 Å². The minimum Gasteiger partial charge on any atom is -0.790 e. The van der Waals surface area contributed by atoms with Crippen LogP contribution in [0.4, 0.5) is 30.7 Å². The van der Waals surface area contributed by atoms with Crippen LogP contribution >= 0.6 is 15.6 Å². The second-order valence-electron chi connectivity index (χ2n) is 5.25. The fourth-order valence-electron chi connectivity index (χ4n) is 1.78. The van der Waals surface area contributed by atoms with E-state index < -0.39 is 65.6 Å². The quantitative estimate of drug-likeness (QED) is 0.242. The molecule has 0 aliphatic heterocycles. The van der Waals surface area contributed by atoms with E-state index in [0.717, 1.165) is 0 Å². The van der Waals surface area contributed by atoms with Gasteiger partial charge in [-0.2, -0.15) is 26.3 Å². The molecule has 0 aromatic heterocycles. The molecule has 0 aromatic rings. The Morgan fingerprint density at radius 2 is 1.48 bits per heavy atom. The van der Waals surface area contributed by atoms with E-state index in [1.54, 1.807) is 0 Å². The van der Waals surface area contributed by atoms with Gasteiger partial charge >= 0.3 is 25.6 Å². The van der Waals surface area contributed by atoms with Crippen LogP contribution in [0.1, 0.15) is 25.7 Å². The molecular weight excluding hydrogens is 443 g/mol. The molecule has 0 aromatic carbocycles. The first-order valence-electron chi connectivity index (χ1n) is 6.97. The summed E-state index contributed by atoms with van der Waals surface area (Å²) in [5.74, 6) is -18.2. The molecule has 17 heteroatoms. The smallest absolute Gasteiger partial charge is 0.469 e. The van der Waals surface area contributed by atoms with Gasteiger partial charge in [0.1, 0.15) is 6.10 Å². The van der Waals surface area contributed by atoms with E-state index >= 15 is 0 Å². The van der Waals surface area contributed by atoms with Crippen LogP contribution in [0.2, 0.25) is 0 Å². The Bertz CT molecular complexity index is 564. The summed E-state index contributed by atoms with van der Waals surface area (Å²) in [5.41, 5.74) is 0. The minimum absolute atomic E-state index is 0.229. The Morgan fingerprint density at radius 1 is 0.963 bits per heavy atom. The van der Waals surface area contributed by atoms with Gasteiger partial charge in [-0.15, -0.1) is 0 Å². The maximum Gasteiger partial charge on any atom is 0.469 e. The van der Waals surface area contributed by atoms with Crippen molar-refractivity contribution < 1.29 is 68.5 Å². The Labute approximate surface area is 148 Å². The van der Waals surface area contributed by atoms with E-state index in [9.17, 15) is 49.6 Å². The molecule has 1 atom stereocenters. The molecule has 0 heterocycles. The number of halogens is 7. The fourth-order valence-corrected chi connectivity index (χ4v) is 2.69. The average molecular weight is 458 g/mol. The molecule has 8 nitrogen and oxygen atoms in total. The van der Waals surface area contributed by atoms with E-state index in [1.165, 1.54) is 0 Å². The van der Waals surface area contributed by atoms with Gasteiger partial charge in [0, 0.05) is 0 Å². The second-order valence-corrected chi connectivity index (χ2v) is 7.59. The zero-order chi connectivity index (χ0) is 21.7. The molecule has 1 unspecified atom stereocenters. The number of hydrogen-bond acceptors (Lipinski definition) is 6. The third-order valence-electron chi connectivity index (χ3n) is 3.08. The van der Waals surface area contributed by atoms with Gasteiger partial charge in [-0.1, -0.05) is 12.8 Å². The fraction of sp³-hybridized carbons (Fsp3) is 1.00. The van der Waals surface area contributed by atoms with Crippen LogP contribution in [-0.4, -0.2) is 46.9 Å². The van der Waals surface area contributed by atoms with Gasteiger partial charge < -0.3 is 28.7 Å². The standard InChI is InChI=1S/C10H17F7O8P2/c11-6-8(12,13)10(16,17)9(14,15)7(25-27(21,22)23)4-2-1-3-5-24-26(18,19)20/h7H,1-6H2,(H2,18,19,20)(H2,21,22,23)/p-2. The number of unbranched alkanes of at least 4 members (excludes halogenated alkanes) is 2. The minimum atomic E-state index is -6.38. The van der Waals surface area contributed by atoms with Crippen LogP contribution in [-0.2, 0) is 18.2 Å². The Morgan fingerprint density at radius 3 is 1.89 bits per heavy atom. The summed E-state index contributed by atoms with van der Waals surface area (Å²) in [5, 5.41) is 0. The molecule has 0 fully saturated rings. The topological polar surface area (TPSA) is 139 Å². The van der Waals surface area contributed by atoms with Gasteiger partial charge in [-0.3, -0.25) is 4.52 Å². The molecule has 0 saturated heterocycles. The van der Waals surface area contributed by atoms with Crippen LogP contribution in [0.3, 0.4) is 0 Å². The largest absolute Gasteiger partial charge is 0.790 e. The molecular formula is C10H15F7O8P2-2. The van der Waals surface area contributed by atoms with E-state index in [4.69, 9.17) is 9.79 Å². The number of hydrogen-bond donors (Lipinski definition) is 2. The van der Waals surface area contributed by atoms with E-state index in [1.807, 2.05) is 0 Å². The van der Waals surface area contributed by atoms with Crippen LogP contribution in [0.15, 0.2) is 0 Å². The highest BCUT2D eigenvalue weighted by molar-refractivity contribution is 7.46. The number of phosphoric ester groups is 2. The average Bonchev–Trinajstić information content (AvgIpc) is 2.46. The van der Waals surface area contributed by atoms with E-state index in [0.29, 0.717) is 0 Å². The predicted octanol–water partition coefficient (Wildman–Crippen LogP) is 1.75. The molecule has 164 valence electrons. The van der Waals surface area contributed by atoms with E-state index in [-0.39, 0.29) is 12.8 Å². The number of phosphoric acid groups is 2. The Balaban J connectivity index is 5.14. The molecule has 0 radical (unpaired) electrons. The summed E-state index contributed by atoms with van der Waals surface area (Å²) >= 11 is 0. The van der Waals surface area contributed by atoms with Crippen molar-refractivity contribution in [3.8, 4) is 0 Å². The Kier molecular flexibility index (Phi) is 9.39. The summed E-state index contributed by atoms with van der Waals surface area (Å²) in [6.45, 7) is -3.78. The van der Waals surface area contributed by atoms with Gasteiger partial charge in [0.15, 0.2) is 6.67 Å². The van der Waals surface area contributed by atoms with Gasteiger partial charge in [0.25, 0.3) is 0 Å². The third-order valence-corrected chi connectivity index (χ3v) is 4.11. The molecule has 27 heavy (non-hydrogen) atoms. The van der Waals surface area contributed by atoms with Crippen molar-refractivity contribution in [1.82, 2.24) is 0 Å². The van der Waals surface area contributed by atoms with Crippen molar-refractivity contribution in [2.24, 2.45) is 0 Å². The zero-order valence-electron chi connectivity index (χ0n) is 13.2. The molecule has 0 aliphatic carbocycles. The zero-order valence-corrected chi connectivity index (χ0v) is 15.0. The lowest BCUT2D eigenvalue weighted by Crippen LogP contribution is -2.60. The summed E-state index contributed by atoms with van der Waals surface area (Å²) in [7, 11) is -11.1. The lowest BCUT2D eigenvalue weighted by atomic mass is 9.96. The van der Waals surface area contributed by atoms with Crippen molar-refractivity contribution in [1.29, 1.82) is 0 Å². The summed E-state index contributed by atoms with van der Waals surface area (Å²) < 4.78 is 120. The first-order valence-corrected chi connectivity index (χ1v) is 9.96. The first kappa shape index (κ1) is 26.7. The molecule has 0 rings (SSSR count). The lowest BCUT2D eigenvalue weighted by Gasteiger charge is -2.40. The highest BCUT2D eigenvalue weighted by atomic mass is 31.2. The second kappa shape index (κ2) is 9.49. The maximum absolute atomic E-state index is 13.8. The highest BCUT2D eigenvalue weighted by Crippen LogP contribution is 2.51. The van der Waals surface area contributed by atoms with Crippen LogP contribution < -0.4 is 9.79 Å². The summed E-state index contributed by atoms with van der Waals surface area (Å²) in [6.07, 6.45) is -5.97. The SMILES string of the molecule is O=P([O-])([O-])OC(CCCCCOP(=O)(O)O)C(F)(F)C(F)(F)C(F)(F)CF. The van der Waals surface area contributed by atoms with Crippen molar-refractivity contribution in [3.63, 3.8) is 0 Å². The van der Waals surface area contributed by atoms with E-state index in [2.05, 4.69) is 9.05 Å². The summed E-state index contributed by atoms with van der Waals surface area (Å²) in [4.78, 5) is 37.7. The van der Waals surface area contributed by atoms with Crippen LogP contribution in [0.25, 0.3) is 0 Å². The normalized spacial score (nSPS) is 15.8. The number of alkyl halides is 7. The van der Waals surface area contributed by atoms with Gasteiger partial charge in [0.2, 0.25) is 0 Å². The van der Waals surface area contributed by atoms with Crippen LogP contribution in [0, 0.1) is 0 Å². The lowest BCUT2D eigenvalue weighted by molar-refractivity contribution is -0.368. The summed E-state index contributed by atoms with van der Waals surface area (Å²) in [6, 6.07) is 0. The van der Waals surface area contributed by atoms with Crippen LogP contribution in [0.5, 0.6) is 0 Å². The first-order chi connectivity index (χ1) is 11.9. The molecule has 0 amide bonds. The molecule has 0 saturated carbocycles. The van der Waals surface area contributed by atoms with Crippen molar-refractivity contribution >= 4 is 15.6 Å². The van der Waals surface area contributed by atoms with Gasteiger partial charge in [-0.05, 0) is 12.8 Å². The maximum atomic E-state index is 13.8. The highest BCUT2D eigenvalue weighted by Gasteiger charge is 2.74. The van der Waals surface area contributed by atoms with Crippen molar-refractivity contribution in [2.75, 3.05) is 13.3 Å². The van der Waals surface area contributed by atoms with Crippen molar-refractivity contribution in [2.45, 2.75) is 49.6 Å². The number of rotatable bonds is 13. The molecule has 0 aliphatic rings. The third kappa shape index (κ3) is 8.32. The molecule has 0 spiro atoms. The Hall–Kier alpha value is -0.270. The predicted molar refractivity (Wildman–Crippen MR) is 69.8 cm³/mol.